The predicted octanol–water partition coefficient (Wildman–Crippen LogP) is 2.91. The molecule has 1 aliphatic rings. The lowest BCUT2D eigenvalue weighted by molar-refractivity contribution is -0.143. The van der Waals surface area contributed by atoms with Crippen LogP contribution in [0.2, 0.25) is 0 Å². The van der Waals surface area contributed by atoms with E-state index >= 15 is 0 Å². The van der Waals surface area contributed by atoms with Crippen LogP contribution in [0.3, 0.4) is 0 Å². The molecular formula is C23H34N2O7S2. The Labute approximate surface area is 206 Å². The number of methoxy groups -OCH3 is 1. The van der Waals surface area contributed by atoms with Crippen LogP contribution in [-0.4, -0.2) is 72.4 Å². The number of nitrogens with one attached hydrogen (secondary N) is 1. The average molecular weight is 515 g/mol. The number of benzene rings is 1. The van der Waals surface area contributed by atoms with Gasteiger partial charge in [0, 0.05) is 24.3 Å². The molecular weight excluding hydrogens is 480 g/mol. The number of carbonyl (C=O) groups excluding carboxylic acids is 3. The van der Waals surface area contributed by atoms with E-state index < -0.39 is 43.7 Å². The van der Waals surface area contributed by atoms with Crippen molar-refractivity contribution in [3.05, 3.63) is 29.8 Å². The fraction of sp³-hybridized carbons (Fsp3) is 0.609. The molecule has 0 radical (unpaired) electrons. The third kappa shape index (κ3) is 7.19. The van der Waals surface area contributed by atoms with Crippen LogP contribution in [0.1, 0.15) is 46.6 Å². The van der Waals surface area contributed by atoms with E-state index in [4.69, 9.17) is 9.47 Å². The van der Waals surface area contributed by atoms with Crippen molar-refractivity contribution in [3.8, 4) is 0 Å². The number of hydrogen-bond donors (Lipinski definition) is 1. The monoisotopic (exact) mass is 514 g/mol. The second-order valence-electron chi connectivity index (χ2n) is 9.70. The Hall–Kier alpha value is -2.11. The number of piperidine rings is 1. The molecule has 190 valence electrons. The minimum absolute atomic E-state index is 0.0382. The molecule has 9 nitrogen and oxygen atoms in total. The van der Waals surface area contributed by atoms with Crippen molar-refractivity contribution in [1.82, 2.24) is 9.62 Å². The van der Waals surface area contributed by atoms with Crippen molar-refractivity contribution in [1.29, 1.82) is 0 Å². The van der Waals surface area contributed by atoms with Crippen LogP contribution >= 0.6 is 11.8 Å². The smallest absolute Gasteiger partial charge is 0.408 e. The van der Waals surface area contributed by atoms with E-state index in [0.717, 1.165) is 17.3 Å². The number of thioether (sulfide) groups is 1. The van der Waals surface area contributed by atoms with Gasteiger partial charge in [-0.05, 0) is 53.7 Å². The Morgan fingerprint density at radius 2 is 1.74 bits per heavy atom. The maximum Gasteiger partial charge on any atom is 0.408 e. The summed E-state index contributed by atoms with van der Waals surface area (Å²) in [5, 5.41) is 1.82. The van der Waals surface area contributed by atoms with E-state index in [0.29, 0.717) is 0 Å². The van der Waals surface area contributed by atoms with Crippen molar-refractivity contribution < 1.29 is 32.3 Å². The van der Waals surface area contributed by atoms with Gasteiger partial charge in [0.15, 0.2) is 0 Å². The number of esters is 1. The molecule has 2 atom stereocenters. The molecule has 0 aromatic heterocycles. The van der Waals surface area contributed by atoms with E-state index in [1.54, 1.807) is 58.9 Å². The summed E-state index contributed by atoms with van der Waals surface area (Å²) < 4.78 is 36.7. The van der Waals surface area contributed by atoms with Gasteiger partial charge in [-0.25, -0.2) is 18.0 Å². The maximum absolute atomic E-state index is 13.1. The van der Waals surface area contributed by atoms with Gasteiger partial charge < -0.3 is 14.8 Å². The van der Waals surface area contributed by atoms with Gasteiger partial charge in [0.1, 0.15) is 17.4 Å². The Bertz CT molecular complexity index is 1010. The average Bonchev–Trinajstić information content (AvgIpc) is 2.71. The summed E-state index contributed by atoms with van der Waals surface area (Å²) in [7, 11) is -2.58. The van der Waals surface area contributed by atoms with Crippen LogP contribution in [0, 0.1) is 6.92 Å². The van der Waals surface area contributed by atoms with Crippen molar-refractivity contribution >= 4 is 39.6 Å². The zero-order chi connectivity index (χ0) is 25.9. The molecule has 1 N–H and O–H groups in total. The Kier molecular flexibility index (Phi) is 8.82. The number of carbonyl (C=O) groups is 3. The highest BCUT2D eigenvalue weighted by Gasteiger charge is 2.44. The molecule has 34 heavy (non-hydrogen) atoms. The van der Waals surface area contributed by atoms with Crippen LogP contribution in [0.15, 0.2) is 29.2 Å². The molecule has 11 heteroatoms. The van der Waals surface area contributed by atoms with Gasteiger partial charge in [0.2, 0.25) is 10.0 Å². The lowest BCUT2D eigenvalue weighted by Gasteiger charge is -2.38. The summed E-state index contributed by atoms with van der Waals surface area (Å²) in [5.74, 6) is -0.815. The number of Topliss-reactive ketones (excluding diaryl/α,β-unsaturated/α-hetero) is 1. The number of ether oxygens (including phenoxy) is 2. The number of aryl methyl sites for hydroxylation is 1. The predicted molar refractivity (Wildman–Crippen MR) is 130 cm³/mol. The Morgan fingerprint density at radius 3 is 2.26 bits per heavy atom. The molecule has 1 amide bonds. The molecule has 0 bridgehead atoms. The summed E-state index contributed by atoms with van der Waals surface area (Å²) >= 11 is 1.13. The highest BCUT2D eigenvalue weighted by Crippen LogP contribution is 2.36. The van der Waals surface area contributed by atoms with E-state index in [2.05, 4.69) is 5.32 Å². The van der Waals surface area contributed by atoms with E-state index in [1.165, 1.54) is 11.4 Å². The molecule has 1 aromatic carbocycles. The van der Waals surface area contributed by atoms with Gasteiger partial charge in [0.05, 0.1) is 17.3 Å². The lowest BCUT2D eigenvalue weighted by atomic mass is 10.0. The van der Waals surface area contributed by atoms with Crippen molar-refractivity contribution in [2.45, 2.75) is 74.5 Å². The number of alkyl carbamates (subject to hydrolysis) is 1. The summed E-state index contributed by atoms with van der Waals surface area (Å²) in [6.45, 7) is 10.4. The first kappa shape index (κ1) is 28.1. The first-order chi connectivity index (χ1) is 15.6. The third-order valence-electron chi connectivity index (χ3n) is 5.23. The highest BCUT2D eigenvalue weighted by molar-refractivity contribution is 8.02. The molecule has 0 saturated carbocycles. The maximum atomic E-state index is 13.1. The number of amides is 1. The molecule has 0 aliphatic carbocycles. The topological polar surface area (TPSA) is 119 Å². The Morgan fingerprint density at radius 1 is 1.15 bits per heavy atom. The van der Waals surface area contributed by atoms with E-state index in [9.17, 15) is 22.8 Å². The highest BCUT2D eigenvalue weighted by atomic mass is 32.2. The molecule has 1 aromatic rings. The fourth-order valence-electron chi connectivity index (χ4n) is 3.45. The minimum Gasteiger partial charge on any atom is -0.467 e. The molecule has 0 spiro atoms. The summed E-state index contributed by atoms with van der Waals surface area (Å²) in [4.78, 5) is 37.8. The molecule has 2 unspecified atom stereocenters. The third-order valence-corrected chi connectivity index (χ3v) is 8.65. The van der Waals surface area contributed by atoms with Gasteiger partial charge >= 0.3 is 12.1 Å². The molecule has 1 aliphatic heterocycles. The molecule has 1 heterocycles. The number of ketones is 1. The van der Waals surface area contributed by atoms with Gasteiger partial charge in [-0.3, -0.25) is 4.79 Å². The summed E-state index contributed by atoms with van der Waals surface area (Å²) in [6.07, 6.45) is -0.739. The van der Waals surface area contributed by atoms with E-state index in [1.807, 2.05) is 6.92 Å². The largest absolute Gasteiger partial charge is 0.467 e. The SMILES string of the molecule is COC(=O)C(NC(=O)OC(C)(C)C)C(C)(C)SC1CN(S(=O)(=O)c2ccc(C)cc2)CCC1=O. The number of sulfonamides is 1. The van der Waals surface area contributed by atoms with Gasteiger partial charge in [-0.2, -0.15) is 4.31 Å². The van der Waals surface area contributed by atoms with Crippen molar-refractivity contribution in [2.75, 3.05) is 20.2 Å². The number of rotatable bonds is 7. The van der Waals surface area contributed by atoms with Crippen LogP contribution in [-0.2, 0) is 29.1 Å². The fourth-order valence-corrected chi connectivity index (χ4v) is 6.53. The number of hydrogen-bond acceptors (Lipinski definition) is 8. The van der Waals surface area contributed by atoms with Crippen LogP contribution in [0.25, 0.3) is 0 Å². The first-order valence-corrected chi connectivity index (χ1v) is 13.2. The van der Waals surface area contributed by atoms with Gasteiger partial charge in [-0.15, -0.1) is 11.8 Å². The van der Waals surface area contributed by atoms with Gasteiger partial charge in [-0.1, -0.05) is 17.7 Å². The second-order valence-corrected chi connectivity index (χ2v) is 13.5. The lowest BCUT2D eigenvalue weighted by Crippen LogP contribution is -2.56. The first-order valence-electron chi connectivity index (χ1n) is 10.9. The van der Waals surface area contributed by atoms with Crippen LogP contribution in [0.5, 0.6) is 0 Å². The van der Waals surface area contributed by atoms with E-state index in [-0.39, 0.29) is 30.2 Å². The zero-order valence-corrected chi connectivity index (χ0v) is 22.3. The zero-order valence-electron chi connectivity index (χ0n) is 20.7. The number of nitrogens with zero attached hydrogens (tertiary/aromatic N) is 1. The quantitative estimate of drug-likeness (QED) is 0.552. The van der Waals surface area contributed by atoms with Crippen LogP contribution < -0.4 is 5.32 Å². The molecule has 1 saturated heterocycles. The molecule has 2 rings (SSSR count). The summed E-state index contributed by atoms with van der Waals surface area (Å²) in [5.41, 5.74) is 0.168. The standard InChI is InChI=1S/C23H34N2O7S2/c1-15-8-10-16(11-9-15)34(29,30)25-13-12-17(26)18(14-25)33-23(5,6)19(20(27)31-7)24-21(28)32-22(2,3)4/h8-11,18-19H,12-14H2,1-7H3,(H,24,28). The summed E-state index contributed by atoms with van der Waals surface area (Å²) in [6, 6.07) is 5.41. The van der Waals surface area contributed by atoms with Crippen LogP contribution in [0.4, 0.5) is 4.79 Å². The minimum atomic E-state index is -3.78. The normalized spacial score (nSPS) is 18.8. The van der Waals surface area contributed by atoms with Crippen molar-refractivity contribution in [3.63, 3.8) is 0 Å². The van der Waals surface area contributed by atoms with Gasteiger partial charge in [0.25, 0.3) is 0 Å². The second kappa shape index (κ2) is 10.7. The Balaban J connectivity index is 2.23. The molecule has 1 fully saturated rings. The van der Waals surface area contributed by atoms with Crippen molar-refractivity contribution in [2.24, 2.45) is 0 Å².